The Labute approximate surface area is 174 Å². The Hall–Kier alpha value is -3.04. The molecule has 0 radical (unpaired) electrons. The van der Waals surface area contributed by atoms with E-state index in [0.717, 1.165) is 0 Å². The second-order valence-corrected chi connectivity index (χ2v) is 6.26. The predicted octanol–water partition coefficient (Wildman–Crippen LogP) is 5.36. The number of nitrogens with one attached hydrogen (secondary N) is 1. The first-order chi connectivity index (χ1) is 15.6. The molecule has 3 aromatic carbocycles. The lowest BCUT2D eigenvalue weighted by Crippen LogP contribution is -2.15. The van der Waals surface area contributed by atoms with Crippen molar-refractivity contribution < 1.29 is 16.7 Å². The Kier molecular flexibility index (Phi) is 4.89. The normalized spacial score (nSPS) is 15.4. The van der Waals surface area contributed by atoms with E-state index in [-0.39, 0.29) is 11.3 Å². The molecule has 0 aliphatic heterocycles. The minimum Gasteiger partial charge on any atom is -0.508 e. The van der Waals surface area contributed by atoms with Crippen LogP contribution in [0.3, 0.4) is 0 Å². The van der Waals surface area contributed by atoms with Crippen molar-refractivity contribution in [2.24, 2.45) is 0 Å². The first kappa shape index (κ1) is 14.0. The predicted molar refractivity (Wildman–Crippen MR) is 117 cm³/mol. The van der Waals surface area contributed by atoms with Gasteiger partial charge in [0.05, 0.1) is 0 Å². The van der Waals surface area contributed by atoms with Crippen molar-refractivity contribution >= 4 is 11.1 Å². The third-order valence-electron chi connectivity index (χ3n) is 4.36. The van der Waals surface area contributed by atoms with E-state index < -0.39 is 13.2 Å². The molecule has 3 heteroatoms. The van der Waals surface area contributed by atoms with E-state index in [1.807, 2.05) is 7.05 Å². The van der Waals surface area contributed by atoms with Gasteiger partial charge in [0, 0.05) is 13.4 Å². The average Bonchev–Trinajstić information content (AvgIpc) is 2.79. The fourth-order valence-corrected chi connectivity index (χ4v) is 2.96. The minimum atomic E-state index is -2.91. The van der Waals surface area contributed by atoms with E-state index in [4.69, 9.17) is 11.6 Å². The van der Waals surface area contributed by atoms with Crippen molar-refractivity contribution in [2.75, 3.05) is 20.2 Å². The van der Waals surface area contributed by atoms with Gasteiger partial charge in [0.25, 0.3) is 0 Å². The Bertz CT molecular complexity index is 1080. The van der Waals surface area contributed by atoms with Gasteiger partial charge in [-0.25, -0.2) is 0 Å². The summed E-state index contributed by atoms with van der Waals surface area (Å²) >= 11 is 0. The van der Waals surface area contributed by atoms with Gasteiger partial charge in [-0.15, -0.1) is 0 Å². The van der Waals surface area contributed by atoms with E-state index >= 15 is 0 Å². The van der Waals surface area contributed by atoms with Crippen molar-refractivity contribution in [1.82, 2.24) is 5.32 Å². The van der Waals surface area contributed by atoms with Crippen molar-refractivity contribution in [1.29, 1.82) is 0 Å². The first-order valence-electron chi connectivity index (χ1n) is 11.6. The summed E-state index contributed by atoms with van der Waals surface area (Å²) in [6, 6.07) is 22.1. The number of ether oxygens (including phenoxy) is 1. The van der Waals surface area contributed by atoms with E-state index in [1.165, 1.54) is 12.1 Å². The molecule has 0 saturated carbocycles. The van der Waals surface area contributed by atoms with Crippen molar-refractivity contribution in [2.45, 2.75) is 13.2 Å². The first-order valence-corrected chi connectivity index (χ1v) is 9.12. The molecule has 0 unspecified atom stereocenters. The third-order valence-corrected chi connectivity index (χ3v) is 4.36. The molecule has 0 saturated heterocycles. The van der Waals surface area contributed by atoms with Crippen LogP contribution in [0.4, 0.5) is 0 Å². The summed E-state index contributed by atoms with van der Waals surface area (Å²) in [5.74, 6) is 0.714. The Morgan fingerprint density at radius 3 is 2.18 bits per heavy atom. The van der Waals surface area contributed by atoms with E-state index in [2.05, 4.69) is 5.32 Å². The fourth-order valence-electron chi connectivity index (χ4n) is 2.96. The van der Waals surface area contributed by atoms with Crippen LogP contribution in [0.25, 0.3) is 11.1 Å². The number of rotatable bonds is 8. The van der Waals surface area contributed by atoms with Gasteiger partial charge in [0.2, 0.25) is 0 Å². The third kappa shape index (κ3) is 4.81. The van der Waals surface area contributed by atoms with Gasteiger partial charge >= 0.3 is 0 Å². The lowest BCUT2D eigenvalue weighted by molar-refractivity contribution is 0.318. The second-order valence-electron chi connectivity index (χ2n) is 6.26. The van der Waals surface area contributed by atoms with Gasteiger partial charge in [-0.3, -0.25) is 0 Å². The molecule has 0 atom stereocenters. The Morgan fingerprint density at radius 2 is 1.57 bits per heavy atom. The summed E-state index contributed by atoms with van der Waals surface area (Å²) in [6.45, 7) is -1.72. The molecule has 2 N–H and O–H groups in total. The van der Waals surface area contributed by atoms with Crippen LogP contribution in [0.2, 0.25) is 0 Å². The largest absolute Gasteiger partial charge is 0.508 e. The maximum absolute atomic E-state index is 9.79. The summed E-state index contributed by atoms with van der Waals surface area (Å²) in [7, 11) is 1.84. The van der Waals surface area contributed by atoms with Gasteiger partial charge in [-0.05, 0) is 65.5 Å². The molecule has 0 aliphatic carbocycles. The van der Waals surface area contributed by atoms with E-state index in [1.54, 1.807) is 66.7 Å². The molecular formula is C25H27NO2. The zero-order chi connectivity index (χ0) is 24.1. The SMILES string of the molecule is [2H]C([2H])([2H])C([2H])([2H])/C(=C(/c1ccc(O)cc1)c1ccc(OCCNC)cc1)c1ccccc1. The van der Waals surface area contributed by atoms with Crippen LogP contribution in [0.5, 0.6) is 11.5 Å². The number of hydrogen-bond acceptors (Lipinski definition) is 3. The summed E-state index contributed by atoms with van der Waals surface area (Å²) in [6.07, 6.45) is -2.65. The van der Waals surface area contributed by atoms with Gasteiger partial charge < -0.3 is 15.2 Å². The maximum Gasteiger partial charge on any atom is 0.119 e. The van der Waals surface area contributed by atoms with Crippen LogP contribution in [-0.4, -0.2) is 25.3 Å². The molecule has 0 amide bonds. The summed E-state index contributed by atoms with van der Waals surface area (Å²) in [5, 5.41) is 12.8. The van der Waals surface area contributed by atoms with Crippen molar-refractivity contribution in [3.8, 4) is 11.5 Å². The molecule has 3 rings (SSSR count). The monoisotopic (exact) mass is 378 g/mol. The smallest absolute Gasteiger partial charge is 0.119 e. The molecule has 0 spiro atoms. The number of likely N-dealkylation sites (N-methyl/N-ethyl adjacent to an activating group) is 1. The van der Waals surface area contributed by atoms with Crippen LogP contribution in [0.1, 0.15) is 36.8 Å². The van der Waals surface area contributed by atoms with Crippen molar-refractivity contribution in [3.05, 3.63) is 95.6 Å². The molecule has 28 heavy (non-hydrogen) atoms. The van der Waals surface area contributed by atoms with Gasteiger partial charge in [0.15, 0.2) is 0 Å². The number of hydrogen-bond donors (Lipinski definition) is 2. The summed E-state index contributed by atoms with van der Waals surface area (Å²) in [5.41, 5.74) is 2.18. The number of allylic oxidation sites excluding steroid dienone is 1. The number of phenolic OH excluding ortho intramolecular Hbond substituents is 1. The molecule has 0 heterocycles. The van der Waals surface area contributed by atoms with Gasteiger partial charge in [-0.2, -0.15) is 0 Å². The molecule has 0 aliphatic rings. The van der Waals surface area contributed by atoms with Crippen LogP contribution >= 0.6 is 0 Å². The molecule has 0 bridgehead atoms. The molecule has 144 valence electrons. The Morgan fingerprint density at radius 1 is 0.929 bits per heavy atom. The summed E-state index contributed by atoms with van der Waals surface area (Å²) in [4.78, 5) is 0. The molecule has 3 nitrogen and oxygen atoms in total. The lowest BCUT2D eigenvalue weighted by atomic mass is 9.88. The number of phenols is 1. The number of benzene rings is 3. The van der Waals surface area contributed by atoms with Crippen LogP contribution in [-0.2, 0) is 0 Å². The number of aromatic hydroxyl groups is 1. The highest BCUT2D eigenvalue weighted by Crippen LogP contribution is 2.35. The van der Waals surface area contributed by atoms with Gasteiger partial charge in [-0.1, -0.05) is 61.4 Å². The van der Waals surface area contributed by atoms with Gasteiger partial charge in [0.1, 0.15) is 18.1 Å². The minimum absolute atomic E-state index is 0.0534. The second kappa shape index (κ2) is 9.77. The summed E-state index contributed by atoms with van der Waals surface area (Å²) < 4.78 is 46.9. The van der Waals surface area contributed by atoms with Crippen LogP contribution in [0, 0.1) is 0 Å². The topological polar surface area (TPSA) is 41.5 Å². The fraction of sp³-hybridized carbons (Fsp3) is 0.200. The molecule has 3 aromatic rings. The molecule has 0 fully saturated rings. The highest BCUT2D eigenvalue weighted by molar-refractivity contribution is 5.98. The van der Waals surface area contributed by atoms with Crippen LogP contribution in [0.15, 0.2) is 78.9 Å². The highest BCUT2D eigenvalue weighted by Gasteiger charge is 2.13. The quantitative estimate of drug-likeness (QED) is 0.409. The van der Waals surface area contributed by atoms with E-state index in [0.29, 0.717) is 41.2 Å². The maximum atomic E-state index is 9.79. The van der Waals surface area contributed by atoms with E-state index in [9.17, 15) is 5.11 Å². The average molecular weight is 379 g/mol. The zero-order valence-electron chi connectivity index (χ0n) is 20.8. The van der Waals surface area contributed by atoms with Crippen molar-refractivity contribution in [3.63, 3.8) is 0 Å². The standard InChI is InChI=1S/C25H27NO2/c1-3-24(19-7-5-4-6-8-19)25(20-9-13-22(27)14-10-20)21-11-15-23(16-12-21)28-18-17-26-2/h4-16,26-27H,3,17-18H2,1-2H3/b25-24+/i1D3,3D2. The Balaban J connectivity index is 2.28. The highest BCUT2D eigenvalue weighted by atomic mass is 16.5. The molecule has 0 aromatic heterocycles. The molecular weight excluding hydrogens is 346 g/mol. The zero-order valence-corrected chi connectivity index (χ0v) is 15.8. The lowest BCUT2D eigenvalue weighted by Gasteiger charge is -2.17. The van der Waals surface area contributed by atoms with Crippen LogP contribution < -0.4 is 10.1 Å².